The first-order chi connectivity index (χ1) is 17.9. The highest BCUT2D eigenvalue weighted by atomic mass is 16.8. The van der Waals surface area contributed by atoms with Gasteiger partial charge in [0.1, 0.15) is 18.8 Å². The maximum Gasteiger partial charge on any atom is 0.313 e. The molecule has 1 fully saturated rings. The Labute approximate surface area is 235 Å². The Morgan fingerprint density at radius 3 is 1.55 bits per heavy atom. The molecule has 0 amide bonds. The smallest absolute Gasteiger partial charge is 0.313 e. The second kappa shape index (κ2) is 12.7. The fourth-order valence-corrected chi connectivity index (χ4v) is 3.02. The van der Waals surface area contributed by atoms with Gasteiger partial charge in [0.05, 0.1) is 27.8 Å². The van der Waals surface area contributed by atoms with Gasteiger partial charge in [0.2, 0.25) is 12.4 Å². The highest BCUT2D eigenvalue weighted by Gasteiger charge is 2.56. The average Bonchev–Trinajstić information content (AvgIpc) is 3.09. The van der Waals surface area contributed by atoms with Crippen molar-refractivity contribution in [2.45, 2.75) is 120 Å². The number of aliphatic hydroxyl groups excluding tert-OH is 1. The van der Waals surface area contributed by atoms with Crippen molar-refractivity contribution in [1.82, 2.24) is 0 Å². The fourth-order valence-electron chi connectivity index (χ4n) is 3.02. The molecule has 0 saturated carbocycles. The van der Waals surface area contributed by atoms with Gasteiger partial charge in [-0.3, -0.25) is 19.2 Å². The summed E-state index contributed by atoms with van der Waals surface area (Å²) in [4.78, 5) is 53.7. The number of aliphatic hydroxyl groups is 1. The molecule has 1 aliphatic rings. The van der Waals surface area contributed by atoms with E-state index in [9.17, 15) is 24.3 Å². The van der Waals surface area contributed by atoms with Crippen molar-refractivity contribution in [1.29, 1.82) is 0 Å². The average molecular weight is 572 g/mol. The topological polar surface area (TPSA) is 183 Å². The number of azide groups is 1. The van der Waals surface area contributed by atoms with Gasteiger partial charge in [-0.1, -0.05) is 5.11 Å². The molecular weight excluding hydrogens is 526 g/mol. The lowest BCUT2D eigenvalue weighted by Crippen LogP contribution is -2.50. The largest absolute Gasteiger partial charge is 0.465 e. The van der Waals surface area contributed by atoms with E-state index in [-0.39, 0.29) is 0 Å². The number of esters is 4. The van der Waals surface area contributed by atoms with Crippen molar-refractivity contribution in [3.8, 4) is 0 Å². The van der Waals surface area contributed by atoms with Gasteiger partial charge in [-0.2, -0.15) is 0 Å². The SMILES string of the molecule is CC(C)(C)C(=O)OC[C@@H](N=[N+]=[N-])[C@H](O)[C@@H]1O[C@@H](OC(=O)C(C)(C)C)[C@H](OC(=O)C(C)(C)C)[C@H]1OC(=O)C(C)(C)C. The molecule has 0 spiro atoms. The Morgan fingerprint density at radius 1 is 0.750 bits per heavy atom. The summed E-state index contributed by atoms with van der Waals surface area (Å²) in [6.07, 6.45) is -7.80. The number of rotatable bonds is 8. The minimum Gasteiger partial charge on any atom is -0.465 e. The molecule has 0 aromatic carbocycles. The molecule has 0 aliphatic carbocycles. The van der Waals surface area contributed by atoms with E-state index in [1.165, 1.54) is 0 Å². The van der Waals surface area contributed by atoms with E-state index >= 15 is 0 Å². The molecule has 0 aromatic heterocycles. The zero-order valence-corrected chi connectivity index (χ0v) is 25.6. The zero-order valence-electron chi connectivity index (χ0n) is 25.6. The quantitative estimate of drug-likeness (QED) is 0.148. The molecule has 0 radical (unpaired) electrons. The van der Waals surface area contributed by atoms with Gasteiger partial charge >= 0.3 is 23.9 Å². The molecule has 1 saturated heterocycles. The molecule has 0 aromatic rings. The predicted molar refractivity (Wildman–Crippen MR) is 142 cm³/mol. The molecule has 1 aliphatic heterocycles. The Kier molecular flexibility index (Phi) is 11.2. The summed E-state index contributed by atoms with van der Waals surface area (Å²) >= 11 is 0. The highest BCUT2D eigenvalue weighted by Crippen LogP contribution is 2.35. The van der Waals surface area contributed by atoms with Crippen LogP contribution in [0.5, 0.6) is 0 Å². The molecule has 0 unspecified atom stereocenters. The van der Waals surface area contributed by atoms with Crippen LogP contribution in [0.25, 0.3) is 10.4 Å². The summed E-state index contributed by atoms with van der Waals surface area (Å²) in [6, 6.07) is -1.40. The van der Waals surface area contributed by atoms with Gasteiger partial charge < -0.3 is 28.8 Å². The second-order valence-corrected chi connectivity index (χ2v) is 14.0. The van der Waals surface area contributed by atoms with Gasteiger partial charge in [-0.05, 0) is 88.6 Å². The first-order valence-corrected chi connectivity index (χ1v) is 13.1. The van der Waals surface area contributed by atoms with Crippen molar-refractivity contribution in [2.75, 3.05) is 6.61 Å². The van der Waals surface area contributed by atoms with E-state index in [0.29, 0.717) is 0 Å². The van der Waals surface area contributed by atoms with Crippen LogP contribution >= 0.6 is 0 Å². The van der Waals surface area contributed by atoms with Gasteiger partial charge in [0.15, 0.2) is 6.10 Å². The highest BCUT2D eigenvalue weighted by molar-refractivity contribution is 5.77. The van der Waals surface area contributed by atoms with Crippen LogP contribution < -0.4 is 0 Å². The van der Waals surface area contributed by atoms with Crippen LogP contribution in [-0.2, 0) is 42.9 Å². The number of carbonyl (C=O) groups is 4. The van der Waals surface area contributed by atoms with Gasteiger partial charge in [0, 0.05) is 4.91 Å². The van der Waals surface area contributed by atoms with Crippen LogP contribution in [0.3, 0.4) is 0 Å². The maximum absolute atomic E-state index is 13.0. The van der Waals surface area contributed by atoms with Crippen LogP contribution in [0.4, 0.5) is 0 Å². The Balaban J connectivity index is 3.56. The number of carbonyl (C=O) groups excluding carboxylic acids is 4. The van der Waals surface area contributed by atoms with Crippen LogP contribution in [-0.4, -0.2) is 72.3 Å². The van der Waals surface area contributed by atoms with Crippen LogP contribution in [0.15, 0.2) is 5.11 Å². The molecular formula is C27H45N3O10. The van der Waals surface area contributed by atoms with Crippen molar-refractivity contribution >= 4 is 23.9 Å². The maximum atomic E-state index is 13.0. The second-order valence-electron chi connectivity index (χ2n) is 14.0. The van der Waals surface area contributed by atoms with E-state index in [1.807, 2.05) is 0 Å². The lowest BCUT2D eigenvalue weighted by atomic mass is 9.95. The summed E-state index contributed by atoms with van der Waals surface area (Å²) in [5, 5.41) is 14.9. The minimum absolute atomic E-state index is 0.528. The molecule has 40 heavy (non-hydrogen) atoms. The third-order valence-corrected chi connectivity index (χ3v) is 5.68. The number of hydrogen-bond acceptors (Lipinski definition) is 11. The predicted octanol–water partition coefficient (Wildman–Crippen LogP) is 3.85. The first kappa shape index (κ1) is 35.1. The summed E-state index contributed by atoms with van der Waals surface area (Å²) in [7, 11) is 0. The van der Waals surface area contributed by atoms with Crippen molar-refractivity contribution in [3.63, 3.8) is 0 Å². The van der Waals surface area contributed by atoms with E-state index in [1.54, 1.807) is 83.1 Å². The molecule has 228 valence electrons. The molecule has 13 nitrogen and oxygen atoms in total. The summed E-state index contributed by atoms with van der Waals surface area (Å²) in [6.45, 7) is 18.7. The molecule has 1 rings (SSSR count). The fraction of sp³-hybridized carbons (Fsp3) is 0.852. The summed E-state index contributed by atoms with van der Waals surface area (Å²) in [5.41, 5.74) is 5.27. The standard InChI is InChI=1S/C27H45N3O10/c1-24(2,3)20(32)36-13-14(29-30-28)15(31)16-17(38-21(33)25(4,5)6)18(39-22(34)26(7,8)9)19(37-16)40-23(35)27(10,11)12/h14-19,31H,13H2,1-12H3/t14-,15+,16+,17+,18-,19+/m1/s1. The van der Waals surface area contributed by atoms with Crippen molar-refractivity contribution in [3.05, 3.63) is 10.4 Å². The minimum atomic E-state index is -1.74. The molecule has 6 atom stereocenters. The van der Waals surface area contributed by atoms with Gasteiger partial charge in [-0.15, -0.1) is 0 Å². The Bertz CT molecular complexity index is 994. The number of hydrogen-bond donors (Lipinski definition) is 1. The van der Waals surface area contributed by atoms with Crippen molar-refractivity contribution in [2.24, 2.45) is 26.8 Å². The third-order valence-electron chi connectivity index (χ3n) is 5.68. The van der Waals surface area contributed by atoms with E-state index < -0.39 is 88.9 Å². The molecule has 13 heteroatoms. The van der Waals surface area contributed by atoms with Crippen LogP contribution in [0.1, 0.15) is 83.1 Å². The molecule has 1 heterocycles. The molecule has 0 bridgehead atoms. The monoisotopic (exact) mass is 571 g/mol. The van der Waals surface area contributed by atoms with Crippen LogP contribution in [0, 0.1) is 21.7 Å². The van der Waals surface area contributed by atoms with Gasteiger partial charge in [0.25, 0.3) is 0 Å². The number of ether oxygens (including phenoxy) is 5. The third kappa shape index (κ3) is 9.64. The Hall–Kier alpha value is -2.89. The molecule has 1 N–H and O–H groups in total. The van der Waals surface area contributed by atoms with E-state index in [4.69, 9.17) is 29.2 Å². The summed E-state index contributed by atoms with van der Waals surface area (Å²) < 4.78 is 28.0. The lowest BCUT2D eigenvalue weighted by Gasteiger charge is -2.31. The summed E-state index contributed by atoms with van der Waals surface area (Å²) in [5.74, 6) is -2.76. The van der Waals surface area contributed by atoms with Gasteiger partial charge in [-0.25, -0.2) is 0 Å². The zero-order chi connectivity index (χ0) is 31.4. The van der Waals surface area contributed by atoms with Crippen molar-refractivity contribution < 1.29 is 48.0 Å². The first-order valence-electron chi connectivity index (χ1n) is 13.1. The number of nitrogens with zero attached hydrogens (tertiary/aromatic N) is 3. The normalized spacial score (nSPS) is 23.3. The van der Waals surface area contributed by atoms with Crippen LogP contribution in [0.2, 0.25) is 0 Å². The Morgan fingerprint density at radius 2 is 1.15 bits per heavy atom. The van der Waals surface area contributed by atoms with E-state index in [0.717, 1.165) is 0 Å². The van der Waals surface area contributed by atoms with E-state index in [2.05, 4.69) is 10.0 Å². The lowest BCUT2D eigenvalue weighted by molar-refractivity contribution is -0.210.